The highest BCUT2D eigenvalue weighted by Crippen LogP contribution is 2.61. The van der Waals surface area contributed by atoms with Crippen LogP contribution in [0.3, 0.4) is 0 Å². The summed E-state index contributed by atoms with van der Waals surface area (Å²) in [5.41, 5.74) is 2.60. The number of rotatable bonds is 6. The molecule has 5 aliphatic rings. The summed E-state index contributed by atoms with van der Waals surface area (Å²) in [6, 6.07) is 0. The minimum absolute atomic E-state index is 0.173. The van der Waals surface area contributed by atoms with Gasteiger partial charge in [0, 0.05) is 25.2 Å². The average Bonchev–Trinajstić information content (AvgIpc) is 2.65. The molecule has 1 aliphatic heterocycles. The second-order valence-electron chi connectivity index (χ2n) is 9.85. The zero-order valence-electron chi connectivity index (χ0n) is 16.7. The Morgan fingerprint density at radius 3 is 2.56 bits per heavy atom. The molecule has 2 N–H and O–H groups in total. The van der Waals surface area contributed by atoms with Crippen molar-refractivity contribution < 1.29 is 5.11 Å². The third-order valence-corrected chi connectivity index (χ3v) is 7.88. The third-order valence-electron chi connectivity index (χ3n) is 7.88. The van der Waals surface area contributed by atoms with E-state index in [9.17, 15) is 5.11 Å². The largest absolute Gasteiger partial charge is 0.391 e. The summed E-state index contributed by atoms with van der Waals surface area (Å²) < 4.78 is 0. The molecule has 148 valence electrons. The van der Waals surface area contributed by atoms with Gasteiger partial charge in [-0.05, 0) is 81.1 Å². The van der Waals surface area contributed by atoms with Gasteiger partial charge in [0.15, 0.2) is 0 Å². The van der Waals surface area contributed by atoms with Gasteiger partial charge in [0.05, 0.1) is 11.8 Å². The van der Waals surface area contributed by atoms with Crippen LogP contribution in [-0.4, -0.2) is 45.7 Å². The lowest BCUT2D eigenvalue weighted by Gasteiger charge is -2.58. The Morgan fingerprint density at radius 2 is 1.89 bits per heavy atom. The van der Waals surface area contributed by atoms with E-state index in [4.69, 9.17) is 0 Å². The molecule has 1 aromatic rings. The van der Waals surface area contributed by atoms with Gasteiger partial charge in [0.2, 0.25) is 0 Å². The van der Waals surface area contributed by atoms with Crippen LogP contribution in [0.1, 0.15) is 63.1 Å². The van der Waals surface area contributed by atoms with Crippen molar-refractivity contribution in [3.05, 3.63) is 17.6 Å². The minimum Gasteiger partial charge on any atom is -0.391 e. The summed E-state index contributed by atoms with van der Waals surface area (Å²) in [5, 5.41) is 14.7. The fourth-order valence-electron chi connectivity index (χ4n) is 7.06. The van der Waals surface area contributed by atoms with E-state index in [0.717, 1.165) is 55.3 Å². The van der Waals surface area contributed by atoms with Crippen LogP contribution in [0.4, 0.5) is 5.82 Å². The van der Waals surface area contributed by atoms with Crippen molar-refractivity contribution in [1.29, 1.82) is 0 Å². The maximum Gasteiger partial charge on any atom is 0.133 e. The van der Waals surface area contributed by atoms with Crippen LogP contribution in [0.2, 0.25) is 0 Å². The van der Waals surface area contributed by atoms with Crippen LogP contribution >= 0.6 is 0 Å². The van der Waals surface area contributed by atoms with Crippen LogP contribution in [0.5, 0.6) is 0 Å². The number of aliphatic hydroxyl groups is 1. The van der Waals surface area contributed by atoms with Gasteiger partial charge < -0.3 is 10.4 Å². The van der Waals surface area contributed by atoms with Gasteiger partial charge in [-0.15, -0.1) is 0 Å². The SMILES string of the molecule is CCCN1CCc2c(ncnc2NCC(O)C23CC4CC(CC(C4)C2)C3)C1. The zero-order valence-corrected chi connectivity index (χ0v) is 16.7. The van der Waals surface area contributed by atoms with Crippen LogP contribution < -0.4 is 5.32 Å². The van der Waals surface area contributed by atoms with Gasteiger partial charge in [0.1, 0.15) is 12.1 Å². The van der Waals surface area contributed by atoms with E-state index in [0.29, 0.717) is 6.54 Å². The molecule has 1 atom stereocenters. The summed E-state index contributed by atoms with van der Waals surface area (Å²) in [7, 11) is 0. The highest BCUT2D eigenvalue weighted by molar-refractivity contribution is 5.47. The molecule has 0 amide bonds. The van der Waals surface area contributed by atoms with Crippen molar-refractivity contribution in [3.63, 3.8) is 0 Å². The Bertz CT molecular complexity index is 656. The lowest BCUT2D eigenvalue weighted by Crippen LogP contribution is -2.53. The van der Waals surface area contributed by atoms with Gasteiger partial charge in [0.25, 0.3) is 0 Å². The number of anilines is 1. The Kier molecular flexibility index (Phi) is 4.63. The van der Waals surface area contributed by atoms with E-state index in [-0.39, 0.29) is 11.5 Å². The lowest BCUT2D eigenvalue weighted by atomic mass is 9.48. The number of aromatic nitrogens is 2. The Labute approximate surface area is 163 Å². The van der Waals surface area contributed by atoms with Gasteiger partial charge in [-0.3, -0.25) is 4.90 Å². The summed E-state index contributed by atoms with van der Waals surface area (Å²) in [6.07, 6.45) is 11.6. The van der Waals surface area contributed by atoms with Crippen molar-refractivity contribution in [2.45, 2.75) is 70.9 Å². The van der Waals surface area contributed by atoms with Crippen molar-refractivity contribution in [1.82, 2.24) is 14.9 Å². The Hall–Kier alpha value is -1.20. The summed E-state index contributed by atoms with van der Waals surface area (Å²) >= 11 is 0. The van der Waals surface area contributed by atoms with Crippen molar-refractivity contribution >= 4 is 5.82 Å². The first kappa shape index (κ1) is 17.9. The van der Waals surface area contributed by atoms with Gasteiger partial charge in [-0.1, -0.05) is 6.92 Å². The average molecular weight is 371 g/mol. The quantitative estimate of drug-likeness (QED) is 0.805. The van der Waals surface area contributed by atoms with E-state index in [1.807, 2.05) is 0 Å². The highest BCUT2D eigenvalue weighted by Gasteiger charge is 2.53. The minimum atomic E-state index is -0.253. The number of aliphatic hydroxyl groups excluding tert-OH is 1. The molecular weight excluding hydrogens is 336 g/mol. The summed E-state index contributed by atoms with van der Waals surface area (Å²) in [6.45, 7) is 6.01. The molecule has 0 radical (unpaired) electrons. The third kappa shape index (κ3) is 3.27. The molecule has 4 aliphatic carbocycles. The molecule has 6 rings (SSSR count). The summed E-state index contributed by atoms with van der Waals surface area (Å²) in [4.78, 5) is 11.5. The number of hydrogen-bond donors (Lipinski definition) is 2. The van der Waals surface area contributed by atoms with Gasteiger partial charge in [-0.2, -0.15) is 0 Å². The second kappa shape index (κ2) is 7.00. The fourth-order valence-corrected chi connectivity index (χ4v) is 7.06. The number of nitrogens with zero attached hydrogens (tertiary/aromatic N) is 3. The molecule has 5 heteroatoms. The maximum atomic E-state index is 11.2. The van der Waals surface area contributed by atoms with Crippen molar-refractivity contribution in [3.8, 4) is 0 Å². The van der Waals surface area contributed by atoms with E-state index in [1.165, 1.54) is 50.5 Å². The molecule has 4 fully saturated rings. The molecule has 4 saturated carbocycles. The molecule has 0 spiro atoms. The van der Waals surface area contributed by atoms with Crippen molar-refractivity contribution in [2.75, 3.05) is 25.0 Å². The molecule has 27 heavy (non-hydrogen) atoms. The first-order valence-corrected chi connectivity index (χ1v) is 11.1. The van der Waals surface area contributed by atoms with E-state index in [1.54, 1.807) is 6.33 Å². The van der Waals surface area contributed by atoms with Gasteiger partial charge in [-0.25, -0.2) is 9.97 Å². The van der Waals surface area contributed by atoms with Crippen LogP contribution in [-0.2, 0) is 13.0 Å². The standard InChI is InChI=1S/C22H34N4O/c1-2-4-26-5-3-18-19(13-26)24-14-25-21(18)23-12-20(27)22-9-15-6-16(10-22)8-17(7-15)11-22/h14-17,20,27H,2-13H2,1H3,(H,23,24,25). The Morgan fingerprint density at radius 1 is 1.19 bits per heavy atom. The van der Waals surface area contributed by atoms with Gasteiger partial charge >= 0.3 is 0 Å². The number of nitrogens with one attached hydrogen (secondary N) is 1. The zero-order chi connectivity index (χ0) is 18.4. The smallest absolute Gasteiger partial charge is 0.133 e. The first-order valence-electron chi connectivity index (χ1n) is 11.1. The molecule has 1 aromatic heterocycles. The topological polar surface area (TPSA) is 61.3 Å². The monoisotopic (exact) mass is 370 g/mol. The molecule has 0 saturated heterocycles. The van der Waals surface area contributed by atoms with Crippen LogP contribution in [0, 0.1) is 23.2 Å². The number of hydrogen-bond acceptors (Lipinski definition) is 5. The van der Waals surface area contributed by atoms with Crippen LogP contribution in [0.25, 0.3) is 0 Å². The highest BCUT2D eigenvalue weighted by atomic mass is 16.3. The van der Waals surface area contributed by atoms with E-state index < -0.39 is 0 Å². The molecule has 5 nitrogen and oxygen atoms in total. The predicted molar refractivity (Wildman–Crippen MR) is 106 cm³/mol. The van der Waals surface area contributed by atoms with Crippen molar-refractivity contribution in [2.24, 2.45) is 23.2 Å². The van der Waals surface area contributed by atoms with E-state index in [2.05, 4.69) is 27.1 Å². The summed E-state index contributed by atoms with van der Waals surface area (Å²) in [5.74, 6) is 3.59. The maximum absolute atomic E-state index is 11.2. The second-order valence-corrected chi connectivity index (χ2v) is 9.85. The Balaban J connectivity index is 1.26. The first-order chi connectivity index (χ1) is 13.1. The normalized spacial score (nSPS) is 35.9. The van der Waals surface area contributed by atoms with E-state index >= 15 is 0 Å². The molecule has 1 unspecified atom stereocenters. The number of fused-ring (bicyclic) bond motifs is 1. The molecule has 4 bridgehead atoms. The predicted octanol–water partition coefficient (Wildman–Crippen LogP) is 3.23. The lowest BCUT2D eigenvalue weighted by molar-refractivity contribution is -0.115. The molecule has 2 heterocycles. The molecular formula is C22H34N4O. The fraction of sp³-hybridized carbons (Fsp3) is 0.818. The van der Waals surface area contributed by atoms with Crippen LogP contribution in [0.15, 0.2) is 6.33 Å². The molecule has 0 aromatic carbocycles.